The van der Waals surface area contributed by atoms with Crippen molar-refractivity contribution in [1.82, 2.24) is 0 Å². The number of phosphoric acid groups is 1. The first-order valence-corrected chi connectivity index (χ1v) is 23.2. The summed E-state index contributed by atoms with van der Waals surface area (Å²) in [6, 6.07) is 0. The molecule has 0 aromatic heterocycles. The van der Waals surface area contributed by atoms with Crippen molar-refractivity contribution >= 4 is 7.82 Å². The molecule has 0 aromatic rings. The van der Waals surface area contributed by atoms with Crippen LogP contribution in [0.5, 0.6) is 0 Å². The first-order valence-electron chi connectivity index (χ1n) is 21.7. The second-order valence-corrected chi connectivity index (χ2v) is 20.4. The quantitative estimate of drug-likeness (QED) is 0.0539. The molecule has 0 radical (unpaired) electrons. The van der Waals surface area contributed by atoms with Gasteiger partial charge in [0.25, 0.3) is 0 Å². The Bertz CT molecular complexity index is 2740. The van der Waals surface area contributed by atoms with Crippen molar-refractivity contribution in [3.05, 3.63) is 0 Å². The molecule has 0 aliphatic heterocycles. The van der Waals surface area contributed by atoms with Crippen molar-refractivity contribution in [2.75, 3.05) is 13.2 Å². The van der Waals surface area contributed by atoms with Crippen LogP contribution in [0.25, 0.3) is 0 Å². The van der Waals surface area contributed by atoms with E-state index in [1.165, 1.54) is 0 Å². The average molecular weight is 1690 g/mol. The van der Waals surface area contributed by atoms with E-state index in [0.29, 0.717) is 0 Å². The van der Waals surface area contributed by atoms with Gasteiger partial charge in [0.05, 0.1) is 13.2 Å². The molecule has 1 N–H and O–H groups in total. The maximum absolute atomic E-state index is 14.3. The predicted molar refractivity (Wildman–Crippen MR) is 182 cm³/mol. The van der Waals surface area contributed by atoms with Crippen LogP contribution in [-0.2, 0) is 13.6 Å². The fourth-order valence-electron chi connectivity index (χ4n) is 6.40. The monoisotopic (exact) mass is 1690 g/mol. The van der Waals surface area contributed by atoms with Gasteiger partial charge in [-0.05, 0) is 0 Å². The molecule has 0 saturated heterocycles. The molecular formula is C34H9F62O4P. The fraction of sp³-hybridized carbons (Fsp3) is 1.00. The molecule has 4 nitrogen and oxygen atoms in total. The van der Waals surface area contributed by atoms with Crippen LogP contribution in [-0.4, -0.2) is 196 Å². The third-order valence-corrected chi connectivity index (χ3v) is 13.6. The molecule has 0 heterocycles. The van der Waals surface area contributed by atoms with Gasteiger partial charge in [0.1, 0.15) is 0 Å². The predicted octanol–water partition coefficient (Wildman–Crippen LogP) is 20.8. The Morgan fingerprint density at radius 3 is 0.386 bits per heavy atom. The SMILES string of the molecule is O=P(O)(OCCC(F)(F)C(F)(F)C(F)(F)C(F)(F)C(F)(F)C(F)(F)C(F)(F)C(F)(F)C(F)(F)C(F)(F)C(F)(F)C(F)(F)C(F)(C(F)(F)F)C(F)(F)F)OCCC(F)(F)C(F)(F)C(F)(F)C(F)(F)C(F)(F)C(F)(F)C(F)(F)C(F)(F)C(F)(F)C(F)(F)C(F)(F)C(F)(F)C(F)(C(F)(F)F)C(F)(F)F. The van der Waals surface area contributed by atoms with Crippen molar-refractivity contribution < 1.29 is 291 Å². The van der Waals surface area contributed by atoms with Gasteiger partial charge in [-0.2, -0.15) is 263 Å². The van der Waals surface area contributed by atoms with Crippen LogP contribution >= 0.6 is 7.82 Å². The van der Waals surface area contributed by atoms with Crippen LogP contribution < -0.4 is 0 Å². The van der Waals surface area contributed by atoms with Crippen molar-refractivity contribution in [2.24, 2.45) is 0 Å². The van der Waals surface area contributed by atoms with Gasteiger partial charge in [-0.15, -0.1) is 0 Å². The van der Waals surface area contributed by atoms with Crippen LogP contribution in [0.4, 0.5) is 272 Å². The lowest BCUT2D eigenvalue weighted by molar-refractivity contribution is -0.491. The Labute approximate surface area is 504 Å². The number of halogens is 62. The Morgan fingerprint density at radius 2 is 0.277 bits per heavy atom. The summed E-state index contributed by atoms with van der Waals surface area (Å²) in [4.78, 5) is 9.06. The minimum atomic E-state index is -10.6. The third kappa shape index (κ3) is 12.1. The summed E-state index contributed by atoms with van der Waals surface area (Å²) in [6.45, 7) is -7.48. The lowest BCUT2D eigenvalue weighted by atomic mass is 9.81. The lowest BCUT2D eigenvalue weighted by Crippen LogP contribution is -2.80. The van der Waals surface area contributed by atoms with E-state index in [4.69, 9.17) is 4.89 Å². The summed E-state index contributed by atoms with van der Waals surface area (Å²) in [6.07, 6.45) is -45.1. The summed E-state index contributed by atoms with van der Waals surface area (Å²) >= 11 is 0. The Balaban J connectivity index is 7.30. The van der Waals surface area contributed by atoms with E-state index in [0.717, 1.165) is 0 Å². The first-order chi connectivity index (χ1) is 42.4. The van der Waals surface area contributed by atoms with Crippen molar-refractivity contribution in [3.63, 3.8) is 0 Å². The Kier molecular flexibility index (Phi) is 23.4. The maximum Gasteiger partial charge on any atom is 0.472 e. The molecule has 0 aliphatic rings. The number of hydrogen-bond acceptors (Lipinski definition) is 3. The highest BCUT2D eigenvalue weighted by atomic mass is 31.2. The van der Waals surface area contributed by atoms with E-state index in [2.05, 4.69) is 9.05 Å². The molecule has 101 heavy (non-hydrogen) atoms. The standard InChI is InChI=1S/C34H9F62O4P/c35-5(36,9(41,42)13(49,50)17(57,58)21(65,66)25(73,74)29(81,82)27(77,78)23(69,70)19(61,62)15(53,54)11(45,46)7(39,31(85,86)87)32(88,89)90)1-3-99-101(97,98)100-4-2-6(37,38)10(43,44)14(51,52)18(59,60)22(67,68)26(75,76)30(83,84)28(79,80)24(71,72)20(63,64)16(55,56)12(47,48)8(40,33(91,92)93)34(94,95)96/h1-4H2,(H,97,98). The normalized spacial score (nSPS) is 17.3. The molecule has 0 spiro atoms. The molecule has 0 bridgehead atoms. The van der Waals surface area contributed by atoms with Crippen LogP contribution in [0.1, 0.15) is 12.8 Å². The third-order valence-electron chi connectivity index (χ3n) is 12.6. The van der Waals surface area contributed by atoms with E-state index < -0.39 is 212 Å². The number of alkyl halides is 62. The molecule has 608 valence electrons. The fourth-order valence-corrected chi connectivity index (χ4v) is 7.12. The number of rotatable bonds is 32. The highest BCUT2D eigenvalue weighted by Gasteiger charge is 3.05. The van der Waals surface area contributed by atoms with Crippen LogP contribution in [0.2, 0.25) is 0 Å². The Morgan fingerprint density at radius 1 is 0.178 bits per heavy atom. The minimum Gasteiger partial charge on any atom is -0.302 e. The molecule has 0 saturated carbocycles. The summed E-state index contributed by atoms with van der Waals surface area (Å²) in [5, 5.41) is 0. The largest absolute Gasteiger partial charge is 0.472 e. The van der Waals surface area contributed by atoms with Gasteiger partial charge in [0.15, 0.2) is 0 Å². The second-order valence-electron chi connectivity index (χ2n) is 19.0. The number of hydrogen-bond donors (Lipinski definition) is 1. The van der Waals surface area contributed by atoms with E-state index in [1.54, 1.807) is 0 Å². The van der Waals surface area contributed by atoms with E-state index in [1.807, 2.05) is 0 Å². The molecule has 0 atom stereocenters. The topological polar surface area (TPSA) is 55.8 Å². The van der Waals surface area contributed by atoms with Crippen LogP contribution in [0.15, 0.2) is 0 Å². The van der Waals surface area contributed by atoms with Gasteiger partial charge >= 0.3 is 186 Å². The van der Waals surface area contributed by atoms with E-state index in [-0.39, 0.29) is 0 Å². The zero-order valence-electron chi connectivity index (χ0n) is 43.4. The summed E-state index contributed by atoms with van der Waals surface area (Å²) in [7, 11) is -7.64. The van der Waals surface area contributed by atoms with Gasteiger partial charge in [-0.1, -0.05) is 0 Å². The summed E-state index contributed by atoms with van der Waals surface area (Å²) < 4.78 is 873. The van der Waals surface area contributed by atoms with Gasteiger partial charge in [-0.25, -0.2) is 13.3 Å². The molecule has 0 fully saturated rings. The number of phosphoric ester groups is 1. The highest BCUT2D eigenvalue weighted by molar-refractivity contribution is 7.47. The zero-order chi connectivity index (χ0) is 83.7. The van der Waals surface area contributed by atoms with Crippen molar-refractivity contribution in [3.8, 4) is 0 Å². The summed E-state index contributed by atoms with van der Waals surface area (Å²) in [5.74, 6) is -242. The minimum absolute atomic E-state index is 2.73. The van der Waals surface area contributed by atoms with Gasteiger partial charge in [0.2, 0.25) is 0 Å². The first kappa shape index (κ1) is 96.8. The lowest BCUT2D eigenvalue weighted by Gasteiger charge is -2.47. The molecule has 0 unspecified atom stereocenters. The molecule has 0 rings (SSSR count). The average Bonchev–Trinajstić information content (AvgIpc) is 0.683. The van der Waals surface area contributed by atoms with Crippen molar-refractivity contribution in [1.29, 1.82) is 0 Å². The second kappa shape index (κ2) is 24.4. The molecule has 0 amide bonds. The molecule has 0 aromatic carbocycles. The highest BCUT2D eigenvalue weighted by Crippen LogP contribution is 2.74. The molecule has 67 heteroatoms. The maximum atomic E-state index is 14.3. The van der Waals surface area contributed by atoms with E-state index in [9.17, 15) is 277 Å². The van der Waals surface area contributed by atoms with Crippen LogP contribution in [0, 0.1) is 0 Å². The van der Waals surface area contributed by atoms with Gasteiger partial charge in [-0.3, -0.25) is 9.05 Å². The smallest absolute Gasteiger partial charge is 0.302 e. The molecular weight excluding hydrogens is 1680 g/mol. The van der Waals surface area contributed by atoms with Gasteiger partial charge in [0, 0.05) is 12.8 Å². The van der Waals surface area contributed by atoms with Gasteiger partial charge < -0.3 is 4.89 Å². The van der Waals surface area contributed by atoms with E-state index >= 15 is 0 Å². The van der Waals surface area contributed by atoms with Crippen LogP contribution in [0.3, 0.4) is 0 Å². The summed E-state index contributed by atoms with van der Waals surface area (Å²) in [5.41, 5.74) is -19.3. The van der Waals surface area contributed by atoms with Crippen molar-refractivity contribution in [2.45, 2.75) is 191 Å². The molecule has 0 aliphatic carbocycles. The Hall–Kier alpha value is -4.23. The zero-order valence-corrected chi connectivity index (χ0v) is 44.3.